The molecular weight excluding hydrogens is 455 g/mol. The Labute approximate surface area is 173 Å². The fourth-order valence-electron chi connectivity index (χ4n) is 2.52. The molecule has 1 unspecified atom stereocenters. The predicted molar refractivity (Wildman–Crippen MR) is 105 cm³/mol. The summed E-state index contributed by atoms with van der Waals surface area (Å²) in [7, 11) is 0. The normalized spacial score (nSPS) is 25.3. The van der Waals surface area contributed by atoms with Crippen molar-refractivity contribution in [1.29, 1.82) is 0 Å². The number of ether oxygens (including phenoxy) is 1. The zero-order valence-electron chi connectivity index (χ0n) is 15.1. The third kappa shape index (κ3) is 5.11. The Morgan fingerprint density at radius 3 is 2.68 bits per heavy atom. The SMILES string of the molecule is CSCCC(N)C(=O)O.Nc1ncnc2c1ncn2[C@@H]1O[C@H](C[Se])[C@@H](O)[C@H]1O. The first-order valence-corrected chi connectivity index (χ1v) is 10.9. The van der Waals surface area contributed by atoms with Crippen molar-refractivity contribution in [2.24, 2.45) is 5.73 Å². The zero-order valence-corrected chi connectivity index (χ0v) is 17.6. The van der Waals surface area contributed by atoms with Crippen molar-refractivity contribution in [2.45, 2.75) is 42.3 Å². The van der Waals surface area contributed by atoms with Gasteiger partial charge in [0, 0.05) is 0 Å². The summed E-state index contributed by atoms with van der Waals surface area (Å²) in [6, 6.07) is -0.683. The molecule has 0 aromatic carbocycles. The van der Waals surface area contributed by atoms with Crippen molar-refractivity contribution in [1.82, 2.24) is 19.5 Å². The molecule has 0 aliphatic carbocycles. The molecule has 3 rings (SSSR count). The summed E-state index contributed by atoms with van der Waals surface area (Å²) in [5.41, 5.74) is 11.8. The quantitative estimate of drug-likeness (QED) is 0.313. The molecule has 155 valence electrons. The summed E-state index contributed by atoms with van der Waals surface area (Å²) in [6.45, 7) is 0. The van der Waals surface area contributed by atoms with Crippen LogP contribution in [0.3, 0.4) is 0 Å². The number of aliphatic hydroxyl groups is 2. The first-order chi connectivity index (χ1) is 13.3. The third-order valence-electron chi connectivity index (χ3n) is 4.11. The van der Waals surface area contributed by atoms with Gasteiger partial charge < -0.3 is 10.8 Å². The number of aromatic nitrogens is 4. The zero-order chi connectivity index (χ0) is 20.8. The maximum atomic E-state index is 10.1. The molecule has 1 radical (unpaired) electrons. The number of nitrogen functional groups attached to an aromatic ring is 1. The minimum absolute atomic E-state index is 0.261. The van der Waals surface area contributed by atoms with Crippen molar-refractivity contribution < 1.29 is 24.9 Å². The molecule has 0 amide bonds. The number of thioether (sulfide) groups is 1. The average molecular weight is 478 g/mol. The molecule has 5 atom stereocenters. The molecule has 13 heteroatoms. The Balaban J connectivity index is 0.000000266. The molecule has 1 aliphatic rings. The van der Waals surface area contributed by atoms with Gasteiger partial charge in [0.25, 0.3) is 0 Å². The number of carboxylic acid groups (broad SMARTS) is 1. The molecule has 0 saturated carbocycles. The Hall–Kier alpha value is -1.47. The van der Waals surface area contributed by atoms with Gasteiger partial charge in [-0.1, -0.05) is 0 Å². The number of nitrogens with zero attached hydrogens (tertiary/aromatic N) is 4. The van der Waals surface area contributed by atoms with E-state index < -0.39 is 36.6 Å². The number of anilines is 1. The fourth-order valence-corrected chi connectivity index (χ4v) is 3.59. The van der Waals surface area contributed by atoms with Crippen molar-refractivity contribution >= 4 is 50.7 Å². The summed E-state index contributed by atoms with van der Waals surface area (Å²) in [5.74, 6) is 0.161. The van der Waals surface area contributed by atoms with Crippen LogP contribution in [0.4, 0.5) is 5.82 Å². The van der Waals surface area contributed by atoms with E-state index in [9.17, 15) is 15.0 Å². The van der Waals surface area contributed by atoms with Gasteiger partial charge in [0.1, 0.15) is 6.04 Å². The third-order valence-corrected chi connectivity index (χ3v) is 5.45. The molecule has 11 nitrogen and oxygen atoms in total. The average Bonchev–Trinajstić information content (AvgIpc) is 3.23. The summed E-state index contributed by atoms with van der Waals surface area (Å²) in [4.78, 5) is 22.1. The van der Waals surface area contributed by atoms with E-state index >= 15 is 0 Å². The van der Waals surface area contributed by atoms with Crippen LogP contribution in [0.15, 0.2) is 12.7 Å². The second kappa shape index (κ2) is 10.3. The van der Waals surface area contributed by atoms with Crippen LogP contribution in [0.5, 0.6) is 0 Å². The second-order valence-corrected chi connectivity index (χ2v) is 7.71. The van der Waals surface area contributed by atoms with Crippen molar-refractivity contribution in [2.75, 3.05) is 17.7 Å². The van der Waals surface area contributed by atoms with E-state index in [1.54, 1.807) is 16.3 Å². The van der Waals surface area contributed by atoms with Gasteiger partial charge in [-0.2, -0.15) is 11.8 Å². The Kier molecular flexibility index (Phi) is 8.43. The number of rotatable bonds is 6. The van der Waals surface area contributed by atoms with Crippen LogP contribution >= 0.6 is 11.8 Å². The second-order valence-electron chi connectivity index (χ2n) is 6.02. The van der Waals surface area contributed by atoms with E-state index in [0.717, 1.165) is 5.75 Å². The van der Waals surface area contributed by atoms with E-state index in [2.05, 4.69) is 31.0 Å². The van der Waals surface area contributed by atoms with Crippen LogP contribution in [0.2, 0.25) is 5.32 Å². The minimum atomic E-state index is -1.05. The molecule has 2 aromatic heterocycles. The van der Waals surface area contributed by atoms with Crippen LogP contribution in [0, 0.1) is 0 Å². The van der Waals surface area contributed by atoms with E-state index in [4.69, 9.17) is 21.3 Å². The van der Waals surface area contributed by atoms with Gasteiger partial charge in [0.2, 0.25) is 0 Å². The van der Waals surface area contributed by atoms with Gasteiger partial charge in [-0.15, -0.1) is 0 Å². The van der Waals surface area contributed by atoms with E-state index in [0.29, 0.717) is 22.9 Å². The van der Waals surface area contributed by atoms with Crippen LogP contribution in [-0.4, -0.2) is 93.2 Å². The molecule has 2 aromatic rings. The first-order valence-electron chi connectivity index (χ1n) is 8.31. The Morgan fingerprint density at radius 2 is 2.11 bits per heavy atom. The first kappa shape index (κ1) is 22.8. The molecule has 0 spiro atoms. The number of carboxylic acids is 1. The maximum absolute atomic E-state index is 10.1. The Bertz CT molecular complexity index is 795. The van der Waals surface area contributed by atoms with E-state index in [1.165, 1.54) is 12.7 Å². The summed E-state index contributed by atoms with van der Waals surface area (Å²) in [5, 5.41) is 28.7. The van der Waals surface area contributed by atoms with Gasteiger partial charge in [-0.05, 0) is 18.4 Å². The molecule has 7 N–H and O–H groups in total. The predicted octanol–water partition coefficient (Wildman–Crippen LogP) is -1.23. The molecule has 1 fully saturated rings. The van der Waals surface area contributed by atoms with Crippen LogP contribution < -0.4 is 11.5 Å². The van der Waals surface area contributed by atoms with Gasteiger partial charge >= 0.3 is 122 Å². The standard InChI is InChI=1S/C10H12N5O3Se.C5H11NO2S/c11-8-5-9(13-2-12-8)15(3-14-5)10-7(17)6(16)4(1-19)18-10;1-9-3-2-4(6)5(7)8/h2-4,6-7,10,16-17H,1H2,(H2,11,12,13);4H,2-3,6H2,1H3,(H,7,8)/t4-,6-,7-,10-;/m1./s1. The number of carbonyl (C=O) groups is 1. The van der Waals surface area contributed by atoms with Crippen molar-refractivity contribution in [3.63, 3.8) is 0 Å². The van der Waals surface area contributed by atoms with Gasteiger partial charge in [0.05, 0.1) is 0 Å². The topological polar surface area (TPSA) is 183 Å². The van der Waals surface area contributed by atoms with E-state index in [1.807, 2.05) is 6.26 Å². The van der Waals surface area contributed by atoms with Gasteiger partial charge in [-0.25, -0.2) is 0 Å². The summed E-state index contributed by atoms with van der Waals surface area (Å²) >= 11 is 4.39. The number of fused-ring (bicyclic) bond motifs is 1. The number of aliphatic carboxylic acids is 1. The van der Waals surface area contributed by atoms with Gasteiger partial charge in [-0.3, -0.25) is 4.79 Å². The molecular formula is C15H23N6O5SSe. The monoisotopic (exact) mass is 479 g/mol. The summed E-state index contributed by atoms with van der Waals surface area (Å²) in [6.07, 6.45) is 2.06. The molecule has 0 bridgehead atoms. The molecule has 1 aliphatic heterocycles. The summed E-state index contributed by atoms with van der Waals surface area (Å²) < 4.78 is 7.17. The number of hydrogen-bond acceptors (Lipinski definition) is 10. The number of nitrogens with two attached hydrogens (primary N) is 2. The van der Waals surface area contributed by atoms with E-state index in [-0.39, 0.29) is 5.82 Å². The molecule has 28 heavy (non-hydrogen) atoms. The van der Waals surface area contributed by atoms with Crippen molar-refractivity contribution in [3.8, 4) is 0 Å². The van der Waals surface area contributed by atoms with Crippen LogP contribution in [0.1, 0.15) is 12.6 Å². The molecule has 3 heterocycles. The number of hydrogen-bond donors (Lipinski definition) is 5. The molecule has 1 saturated heterocycles. The fraction of sp³-hybridized carbons (Fsp3) is 0.600. The number of imidazole rings is 1. The van der Waals surface area contributed by atoms with Crippen LogP contribution in [-0.2, 0) is 9.53 Å². The van der Waals surface area contributed by atoms with Crippen molar-refractivity contribution in [3.05, 3.63) is 12.7 Å². The Morgan fingerprint density at radius 1 is 1.39 bits per heavy atom. The number of aliphatic hydroxyl groups excluding tert-OH is 2. The van der Waals surface area contributed by atoms with Crippen LogP contribution in [0.25, 0.3) is 11.2 Å². The van der Waals surface area contributed by atoms with Gasteiger partial charge in [0.15, 0.2) is 0 Å².